The van der Waals surface area contributed by atoms with Gasteiger partial charge in [0.05, 0.1) is 11.0 Å². The summed E-state index contributed by atoms with van der Waals surface area (Å²) in [6.45, 7) is 0. The summed E-state index contributed by atoms with van der Waals surface area (Å²) in [4.78, 5) is 0. The lowest BCUT2D eigenvalue weighted by Crippen LogP contribution is -2.19. The minimum atomic E-state index is -2.99. The molecule has 3 rings (SSSR count). The van der Waals surface area contributed by atoms with Gasteiger partial charge in [0.25, 0.3) is 0 Å². The van der Waals surface area contributed by atoms with Gasteiger partial charge in [0, 0.05) is 12.6 Å². The fourth-order valence-corrected chi connectivity index (χ4v) is 4.21. The van der Waals surface area contributed by atoms with Crippen molar-refractivity contribution in [3.05, 3.63) is 24.2 Å². The number of hydrogen-bond donors (Lipinski definition) is 1. The average molecular weight is 267 g/mol. The van der Waals surface area contributed by atoms with E-state index in [0.717, 1.165) is 6.42 Å². The van der Waals surface area contributed by atoms with Crippen molar-refractivity contribution in [3.8, 4) is 5.75 Å². The first kappa shape index (κ1) is 11.5. The molecule has 0 bridgehead atoms. The van der Waals surface area contributed by atoms with Crippen molar-refractivity contribution in [2.45, 2.75) is 24.5 Å². The summed E-state index contributed by atoms with van der Waals surface area (Å²) in [5.41, 5.74) is 0.364. The maximum atomic E-state index is 11.8. The van der Waals surface area contributed by atoms with E-state index in [1.807, 2.05) is 0 Å². The third kappa shape index (κ3) is 1.74. The van der Waals surface area contributed by atoms with Gasteiger partial charge in [0.2, 0.25) is 5.65 Å². The third-order valence-electron chi connectivity index (χ3n) is 3.36. The first-order valence-electron chi connectivity index (χ1n) is 5.81. The molecule has 1 saturated heterocycles. The normalized spacial score (nSPS) is 22.6. The molecule has 0 aromatic carbocycles. The standard InChI is InChI=1S/C11H13N3O3S/c15-9-4-1-5-14-10(12-13-11(9)14)7-8-3-2-6-18(8,16)17/h1,4-5,8,15H,2-3,6-7H2. The molecule has 2 aromatic rings. The molecule has 18 heavy (non-hydrogen) atoms. The van der Waals surface area contributed by atoms with E-state index in [-0.39, 0.29) is 16.8 Å². The highest BCUT2D eigenvalue weighted by molar-refractivity contribution is 7.92. The van der Waals surface area contributed by atoms with Crippen LogP contribution in [0, 0.1) is 0 Å². The summed E-state index contributed by atoms with van der Waals surface area (Å²) in [6.07, 6.45) is 3.48. The molecule has 1 unspecified atom stereocenters. The minimum absolute atomic E-state index is 0.0468. The lowest BCUT2D eigenvalue weighted by molar-refractivity contribution is 0.477. The van der Waals surface area contributed by atoms with Crippen LogP contribution >= 0.6 is 0 Å². The van der Waals surface area contributed by atoms with Crippen molar-refractivity contribution in [2.24, 2.45) is 0 Å². The Bertz CT molecular complexity index is 693. The van der Waals surface area contributed by atoms with Gasteiger partial charge in [0.15, 0.2) is 15.6 Å². The molecule has 96 valence electrons. The fraction of sp³-hybridized carbons (Fsp3) is 0.455. The van der Waals surface area contributed by atoms with E-state index in [9.17, 15) is 13.5 Å². The first-order valence-corrected chi connectivity index (χ1v) is 7.52. The van der Waals surface area contributed by atoms with E-state index in [2.05, 4.69) is 10.2 Å². The number of pyridine rings is 1. The Morgan fingerprint density at radius 3 is 3.00 bits per heavy atom. The van der Waals surface area contributed by atoms with Crippen molar-refractivity contribution < 1.29 is 13.5 Å². The topological polar surface area (TPSA) is 84.6 Å². The molecule has 6 nitrogen and oxygen atoms in total. The zero-order chi connectivity index (χ0) is 12.8. The largest absolute Gasteiger partial charge is 0.504 e. The van der Waals surface area contributed by atoms with Crippen LogP contribution in [0.3, 0.4) is 0 Å². The van der Waals surface area contributed by atoms with Crippen LogP contribution < -0.4 is 0 Å². The highest BCUT2D eigenvalue weighted by atomic mass is 32.2. The molecule has 1 aliphatic rings. The van der Waals surface area contributed by atoms with Crippen LogP contribution in [-0.2, 0) is 16.3 Å². The summed E-state index contributed by atoms with van der Waals surface area (Å²) in [7, 11) is -2.99. The summed E-state index contributed by atoms with van der Waals surface area (Å²) >= 11 is 0. The van der Waals surface area contributed by atoms with Crippen molar-refractivity contribution in [3.63, 3.8) is 0 Å². The molecular formula is C11H13N3O3S. The summed E-state index contributed by atoms with van der Waals surface area (Å²) in [5.74, 6) is 0.890. The minimum Gasteiger partial charge on any atom is -0.504 e. The Morgan fingerprint density at radius 2 is 2.28 bits per heavy atom. The van der Waals surface area contributed by atoms with Crippen LogP contribution in [-0.4, -0.2) is 39.1 Å². The molecule has 0 saturated carbocycles. The number of aromatic hydroxyl groups is 1. The van der Waals surface area contributed by atoms with E-state index in [0.29, 0.717) is 24.3 Å². The predicted octanol–water partition coefficient (Wildman–Crippen LogP) is 0.555. The van der Waals surface area contributed by atoms with E-state index in [1.54, 1.807) is 16.7 Å². The van der Waals surface area contributed by atoms with Gasteiger partial charge in [-0.3, -0.25) is 4.40 Å². The third-order valence-corrected chi connectivity index (χ3v) is 5.63. The lowest BCUT2D eigenvalue weighted by Gasteiger charge is -2.07. The summed E-state index contributed by atoms with van der Waals surface area (Å²) < 4.78 is 25.2. The fourth-order valence-electron chi connectivity index (χ4n) is 2.38. The molecule has 1 aliphatic heterocycles. The van der Waals surface area contributed by atoms with Crippen molar-refractivity contribution >= 4 is 15.5 Å². The Hall–Kier alpha value is -1.63. The van der Waals surface area contributed by atoms with Crippen LogP contribution in [0.15, 0.2) is 18.3 Å². The molecular weight excluding hydrogens is 254 g/mol. The Kier molecular flexibility index (Phi) is 2.51. The smallest absolute Gasteiger partial charge is 0.203 e. The van der Waals surface area contributed by atoms with Gasteiger partial charge in [0.1, 0.15) is 5.82 Å². The monoisotopic (exact) mass is 267 g/mol. The molecule has 1 fully saturated rings. The number of hydrogen-bond acceptors (Lipinski definition) is 5. The number of sulfone groups is 1. The molecule has 1 N–H and O–H groups in total. The van der Waals surface area contributed by atoms with Crippen LogP contribution in [0.2, 0.25) is 0 Å². The predicted molar refractivity (Wildman–Crippen MR) is 65.2 cm³/mol. The van der Waals surface area contributed by atoms with E-state index in [4.69, 9.17) is 0 Å². The Balaban J connectivity index is 1.99. The van der Waals surface area contributed by atoms with Crippen molar-refractivity contribution in [2.75, 3.05) is 5.75 Å². The number of nitrogens with zero attached hydrogens (tertiary/aromatic N) is 3. The molecule has 7 heteroatoms. The van der Waals surface area contributed by atoms with Gasteiger partial charge >= 0.3 is 0 Å². The van der Waals surface area contributed by atoms with Crippen LogP contribution in [0.25, 0.3) is 5.65 Å². The number of aromatic nitrogens is 3. The van der Waals surface area contributed by atoms with Crippen LogP contribution in [0.4, 0.5) is 0 Å². The maximum absolute atomic E-state index is 11.8. The second kappa shape index (κ2) is 3.94. The highest BCUT2D eigenvalue weighted by Gasteiger charge is 2.32. The second-order valence-electron chi connectivity index (χ2n) is 4.54. The van der Waals surface area contributed by atoms with E-state index >= 15 is 0 Å². The molecule has 0 amide bonds. The van der Waals surface area contributed by atoms with Gasteiger partial charge in [-0.15, -0.1) is 10.2 Å². The van der Waals surface area contributed by atoms with Crippen molar-refractivity contribution in [1.29, 1.82) is 0 Å². The summed E-state index contributed by atoms with van der Waals surface area (Å²) in [6, 6.07) is 3.21. The zero-order valence-corrected chi connectivity index (χ0v) is 10.5. The number of rotatable bonds is 2. The molecule has 3 heterocycles. The van der Waals surface area contributed by atoms with Gasteiger partial charge in [-0.25, -0.2) is 8.42 Å². The van der Waals surface area contributed by atoms with Gasteiger partial charge < -0.3 is 5.11 Å². The van der Waals surface area contributed by atoms with Crippen LogP contribution in [0.5, 0.6) is 5.75 Å². The van der Waals surface area contributed by atoms with Gasteiger partial charge in [-0.1, -0.05) is 0 Å². The Morgan fingerprint density at radius 1 is 1.44 bits per heavy atom. The van der Waals surface area contributed by atoms with Crippen molar-refractivity contribution in [1.82, 2.24) is 14.6 Å². The molecule has 0 aliphatic carbocycles. The maximum Gasteiger partial charge on any atom is 0.203 e. The zero-order valence-electron chi connectivity index (χ0n) is 9.65. The van der Waals surface area contributed by atoms with E-state index in [1.165, 1.54) is 6.07 Å². The second-order valence-corrected chi connectivity index (χ2v) is 6.94. The first-order chi connectivity index (χ1) is 8.58. The number of fused-ring (bicyclic) bond motifs is 1. The molecule has 0 spiro atoms. The molecule has 2 aromatic heterocycles. The summed E-state index contributed by atoms with van der Waals surface area (Å²) in [5, 5.41) is 17.1. The van der Waals surface area contributed by atoms with Crippen LogP contribution in [0.1, 0.15) is 18.7 Å². The van der Waals surface area contributed by atoms with E-state index < -0.39 is 9.84 Å². The van der Waals surface area contributed by atoms with Gasteiger partial charge in [-0.2, -0.15) is 0 Å². The Labute approximate surface area is 104 Å². The highest BCUT2D eigenvalue weighted by Crippen LogP contribution is 2.24. The SMILES string of the molecule is O=S1(=O)CCCC1Cc1nnc2c(O)cccn12. The lowest BCUT2D eigenvalue weighted by atomic mass is 10.2. The molecule has 1 atom stereocenters. The molecule has 0 radical (unpaired) electrons. The quantitative estimate of drug-likeness (QED) is 0.859. The average Bonchev–Trinajstić information content (AvgIpc) is 2.86. The van der Waals surface area contributed by atoms with Gasteiger partial charge in [-0.05, 0) is 25.0 Å².